The molecule has 0 aromatic heterocycles. The van der Waals surface area contributed by atoms with Crippen molar-refractivity contribution < 1.29 is 39.1 Å². The van der Waals surface area contributed by atoms with Crippen molar-refractivity contribution in [3.63, 3.8) is 0 Å². The largest absolute Gasteiger partial charge is 0.481 e. The van der Waals surface area contributed by atoms with E-state index in [-0.39, 0.29) is 0 Å². The van der Waals surface area contributed by atoms with Gasteiger partial charge in [0.05, 0.1) is 7.79 Å². The second-order valence-electron chi connectivity index (χ2n) is 2.31. The fraction of sp³-hybridized carbons (Fsp3) is 0.500. The van der Waals surface area contributed by atoms with Crippen LogP contribution in [0.1, 0.15) is 7.79 Å². The fourth-order valence-electron chi connectivity index (χ4n) is 0.532. The molecule has 0 saturated heterocycles. The zero-order valence-corrected chi connectivity index (χ0v) is 6.96. The van der Waals surface area contributed by atoms with E-state index in [1.165, 1.54) is 0 Å². The summed E-state index contributed by atoms with van der Waals surface area (Å²) in [6, 6.07) is -3.25. The molecule has 0 unspecified atom stereocenters. The molecule has 0 aliphatic heterocycles. The highest BCUT2D eigenvalue weighted by Crippen LogP contribution is 2.14. The molecular formula is C6H6F3NO5. The summed E-state index contributed by atoms with van der Waals surface area (Å²) < 4.78 is 42.1. The summed E-state index contributed by atoms with van der Waals surface area (Å²) in [5.41, 5.74) is 0. The molecule has 9 heteroatoms. The van der Waals surface area contributed by atoms with Gasteiger partial charge in [-0.1, -0.05) is 0 Å². The minimum atomic E-state index is -5.39. The van der Waals surface area contributed by atoms with Crippen molar-refractivity contribution in [2.45, 2.75) is 18.6 Å². The summed E-state index contributed by atoms with van der Waals surface area (Å²) >= 11 is 0. The minimum Gasteiger partial charge on any atom is -0.481 e. The van der Waals surface area contributed by atoms with Crippen LogP contribution in [0, 0.1) is 0 Å². The van der Waals surface area contributed by atoms with Crippen LogP contribution in [0.15, 0.2) is 0 Å². The van der Waals surface area contributed by atoms with E-state index in [4.69, 9.17) is 11.6 Å². The molecule has 0 heterocycles. The van der Waals surface area contributed by atoms with Crippen LogP contribution in [-0.4, -0.2) is 40.3 Å². The SMILES string of the molecule is [2H][C@@](CC(=O)O)(NC(=O)C(F)(F)F)C(=O)O. The van der Waals surface area contributed by atoms with E-state index in [1.807, 2.05) is 0 Å². The second kappa shape index (κ2) is 4.62. The number of carbonyl (C=O) groups is 3. The lowest BCUT2D eigenvalue weighted by molar-refractivity contribution is -0.175. The van der Waals surface area contributed by atoms with Crippen LogP contribution in [-0.2, 0) is 14.4 Å². The van der Waals surface area contributed by atoms with Crippen molar-refractivity contribution >= 4 is 17.8 Å². The van der Waals surface area contributed by atoms with Crippen molar-refractivity contribution in [1.29, 1.82) is 0 Å². The number of nitrogens with one attached hydrogen (secondary N) is 1. The monoisotopic (exact) mass is 230 g/mol. The first kappa shape index (κ1) is 11.3. The Balaban J connectivity index is 4.90. The molecule has 86 valence electrons. The van der Waals surface area contributed by atoms with Crippen LogP contribution < -0.4 is 5.32 Å². The van der Waals surface area contributed by atoms with Crippen LogP contribution in [0.2, 0.25) is 0 Å². The van der Waals surface area contributed by atoms with Crippen molar-refractivity contribution in [3.05, 3.63) is 0 Å². The Morgan fingerprint density at radius 3 is 2.07 bits per heavy atom. The van der Waals surface area contributed by atoms with E-state index >= 15 is 0 Å². The highest BCUT2D eigenvalue weighted by Gasteiger charge is 2.41. The van der Waals surface area contributed by atoms with E-state index in [2.05, 4.69) is 0 Å². The average Bonchev–Trinajstić information content (AvgIpc) is 1.99. The highest BCUT2D eigenvalue weighted by molar-refractivity contribution is 5.89. The molecule has 3 N–H and O–H groups in total. The van der Waals surface area contributed by atoms with E-state index < -0.39 is 36.5 Å². The number of halogens is 3. The van der Waals surface area contributed by atoms with Crippen molar-refractivity contribution in [1.82, 2.24) is 5.32 Å². The number of carboxylic acids is 2. The molecule has 0 bridgehead atoms. The number of hydrogen-bond donors (Lipinski definition) is 3. The molecule has 6 nitrogen and oxygen atoms in total. The fourth-order valence-corrected chi connectivity index (χ4v) is 0.532. The minimum absolute atomic E-state index is 0.786. The van der Waals surface area contributed by atoms with Crippen LogP contribution in [0.25, 0.3) is 0 Å². The Morgan fingerprint density at radius 1 is 1.33 bits per heavy atom. The number of rotatable bonds is 4. The van der Waals surface area contributed by atoms with Gasteiger partial charge >= 0.3 is 24.0 Å². The second-order valence-corrected chi connectivity index (χ2v) is 2.31. The Morgan fingerprint density at radius 2 is 1.80 bits per heavy atom. The topological polar surface area (TPSA) is 104 Å². The Hall–Kier alpha value is -1.80. The summed E-state index contributed by atoms with van der Waals surface area (Å²) in [7, 11) is 0. The number of carbonyl (C=O) groups excluding carboxylic acids is 1. The van der Waals surface area contributed by atoms with Crippen molar-refractivity contribution in [2.75, 3.05) is 0 Å². The lowest BCUT2D eigenvalue weighted by atomic mass is 10.2. The van der Waals surface area contributed by atoms with Crippen molar-refractivity contribution in [3.8, 4) is 0 Å². The smallest absolute Gasteiger partial charge is 0.471 e. The third-order valence-corrected chi connectivity index (χ3v) is 1.11. The van der Waals surface area contributed by atoms with E-state index in [1.54, 1.807) is 0 Å². The van der Waals surface area contributed by atoms with E-state index in [0.717, 1.165) is 5.32 Å². The summed E-state index contributed by atoms with van der Waals surface area (Å²) in [5, 5.41) is 17.3. The van der Waals surface area contributed by atoms with Gasteiger partial charge in [0.2, 0.25) is 0 Å². The standard InChI is InChI=1S/C6H6F3NO5/c7-6(8,9)5(15)10-2(4(13)14)1-3(11)12/h2H,1H2,(H,10,15)(H,11,12)(H,13,14)/t2-/m0/s1/i2D. The van der Waals surface area contributed by atoms with E-state index in [0.29, 0.717) is 0 Å². The average molecular weight is 230 g/mol. The Labute approximate surface area is 82.1 Å². The molecule has 0 saturated carbocycles. The molecule has 0 aromatic rings. The Kier molecular flexibility index (Phi) is 3.47. The number of hydrogen-bond acceptors (Lipinski definition) is 3. The number of aliphatic carboxylic acids is 2. The molecule has 0 aliphatic rings. The first-order valence-corrected chi connectivity index (χ1v) is 3.33. The molecule has 0 aliphatic carbocycles. The molecule has 1 atom stereocenters. The summed E-state index contributed by atoms with van der Waals surface area (Å²) in [4.78, 5) is 30.9. The van der Waals surface area contributed by atoms with Gasteiger partial charge in [0.25, 0.3) is 0 Å². The molecule has 0 spiro atoms. The molecule has 0 aromatic carbocycles. The maximum absolute atomic E-state index is 11.7. The number of carboxylic acid groups (broad SMARTS) is 2. The van der Waals surface area contributed by atoms with Gasteiger partial charge in [-0.15, -0.1) is 0 Å². The quantitative estimate of drug-likeness (QED) is 0.609. The molecule has 0 fully saturated rings. The normalized spacial score (nSPS) is 16.1. The van der Waals surface area contributed by atoms with Gasteiger partial charge in [0.1, 0.15) is 6.02 Å². The van der Waals surface area contributed by atoms with Crippen LogP contribution in [0.5, 0.6) is 0 Å². The first-order valence-electron chi connectivity index (χ1n) is 3.83. The van der Waals surface area contributed by atoms with Crippen LogP contribution in [0.4, 0.5) is 13.2 Å². The predicted octanol–water partition coefficient (Wildman–Crippen LogP) is -0.407. The molecule has 15 heavy (non-hydrogen) atoms. The molecular weight excluding hydrogens is 223 g/mol. The zero-order valence-electron chi connectivity index (χ0n) is 7.96. The highest BCUT2D eigenvalue weighted by atomic mass is 19.4. The van der Waals surface area contributed by atoms with Gasteiger partial charge in [-0.2, -0.15) is 13.2 Å². The molecule has 1 amide bonds. The zero-order chi connectivity index (χ0) is 13.1. The lowest BCUT2D eigenvalue weighted by Gasteiger charge is -2.13. The summed E-state index contributed by atoms with van der Waals surface area (Å²) in [6.45, 7) is 0. The van der Waals surface area contributed by atoms with Gasteiger partial charge in [0.15, 0.2) is 0 Å². The van der Waals surface area contributed by atoms with Gasteiger partial charge in [-0.25, -0.2) is 4.79 Å². The van der Waals surface area contributed by atoms with Gasteiger partial charge in [0, 0.05) is 0 Å². The van der Waals surface area contributed by atoms with E-state index in [9.17, 15) is 27.6 Å². The molecule has 0 rings (SSSR count). The van der Waals surface area contributed by atoms with Crippen LogP contribution >= 0.6 is 0 Å². The Bertz CT molecular complexity index is 331. The lowest BCUT2D eigenvalue weighted by Crippen LogP contribution is -2.47. The summed E-state index contributed by atoms with van der Waals surface area (Å²) in [6.07, 6.45) is -6.88. The summed E-state index contributed by atoms with van der Waals surface area (Å²) in [5.74, 6) is -6.72. The first-order chi connectivity index (χ1) is 6.99. The number of alkyl halides is 3. The maximum Gasteiger partial charge on any atom is 0.471 e. The van der Waals surface area contributed by atoms with Gasteiger partial charge < -0.3 is 15.5 Å². The van der Waals surface area contributed by atoms with Crippen molar-refractivity contribution in [2.24, 2.45) is 0 Å². The predicted molar refractivity (Wildman–Crippen MR) is 37.9 cm³/mol. The maximum atomic E-state index is 11.7. The molecule has 0 radical (unpaired) electrons. The van der Waals surface area contributed by atoms with Gasteiger partial charge in [-0.05, 0) is 0 Å². The third kappa shape index (κ3) is 4.84. The third-order valence-electron chi connectivity index (χ3n) is 1.11. The van der Waals surface area contributed by atoms with Crippen LogP contribution in [0.3, 0.4) is 0 Å². The van der Waals surface area contributed by atoms with Gasteiger partial charge in [-0.3, -0.25) is 9.59 Å². The number of amides is 1.